The molecule has 1 N–H and O–H groups in total. The minimum atomic E-state index is -0.407. The molecule has 136 valence electrons. The molecule has 2 aromatic carbocycles. The van der Waals surface area contributed by atoms with Crippen molar-refractivity contribution in [3.63, 3.8) is 0 Å². The van der Waals surface area contributed by atoms with Crippen LogP contribution in [-0.4, -0.2) is 26.7 Å². The van der Waals surface area contributed by atoms with Crippen LogP contribution in [-0.2, 0) is 17.8 Å². The van der Waals surface area contributed by atoms with Crippen LogP contribution < -0.4 is 9.64 Å². The Kier molecular flexibility index (Phi) is 5.58. The molecule has 1 heterocycles. The fraction of sp³-hybridized carbons (Fsp3) is 0.286. The van der Waals surface area contributed by atoms with Gasteiger partial charge >= 0.3 is 5.97 Å². The van der Waals surface area contributed by atoms with Gasteiger partial charge in [0.15, 0.2) is 0 Å². The van der Waals surface area contributed by atoms with Crippen LogP contribution in [0.1, 0.15) is 28.6 Å². The van der Waals surface area contributed by atoms with Gasteiger partial charge in [0, 0.05) is 10.9 Å². The number of methoxy groups -OCH3 is 1. The number of benzene rings is 2. The summed E-state index contributed by atoms with van der Waals surface area (Å²) in [6.07, 6.45) is 0. The molecule has 3 aromatic rings. The van der Waals surface area contributed by atoms with Gasteiger partial charge in [-0.15, -0.1) is 0 Å². The summed E-state index contributed by atoms with van der Waals surface area (Å²) in [5, 5.41) is 0.963. The van der Waals surface area contributed by atoms with E-state index in [2.05, 4.69) is 19.2 Å². The molecule has 0 fully saturated rings. The summed E-state index contributed by atoms with van der Waals surface area (Å²) in [7, 11) is 3.76. The third kappa shape index (κ3) is 3.89. The second-order valence-corrected chi connectivity index (χ2v) is 6.29. The smallest absolute Gasteiger partial charge is 0.374 e. The Hall–Kier alpha value is -2.79. The normalized spacial score (nSPS) is 12.1. The van der Waals surface area contributed by atoms with Crippen LogP contribution in [0.15, 0.2) is 52.9 Å². The molecular formula is C21H24NO4+. The molecule has 0 aliphatic carbocycles. The molecular weight excluding hydrogens is 330 g/mol. The van der Waals surface area contributed by atoms with Crippen LogP contribution >= 0.6 is 0 Å². The SMILES string of the molecule is CCOC(=O)c1oc2ccccc2c1C[NH+](C)Cc1ccc(OC)cc1. The van der Waals surface area contributed by atoms with E-state index in [1.54, 1.807) is 14.0 Å². The minimum Gasteiger partial charge on any atom is -0.497 e. The zero-order valence-electron chi connectivity index (χ0n) is 15.4. The molecule has 0 aliphatic heterocycles. The molecule has 0 saturated carbocycles. The average molecular weight is 354 g/mol. The van der Waals surface area contributed by atoms with Crippen molar-refractivity contribution in [2.24, 2.45) is 0 Å². The van der Waals surface area contributed by atoms with Crippen molar-refractivity contribution >= 4 is 16.9 Å². The van der Waals surface area contributed by atoms with Crippen molar-refractivity contribution in [3.05, 3.63) is 65.4 Å². The number of fused-ring (bicyclic) bond motifs is 1. The van der Waals surface area contributed by atoms with Crippen LogP contribution in [0.25, 0.3) is 11.0 Å². The largest absolute Gasteiger partial charge is 0.497 e. The zero-order valence-corrected chi connectivity index (χ0v) is 15.4. The quantitative estimate of drug-likeness (QED) is 0.663. The number of carbonyl (C=O) groups is 1. The monoisotopic (exact) mass is 354 g/mol. The minimum absolute atomic E-state index is 0.308. The van der Waals surface area contributed by atoms with Gasteiger partial charge in [-0.05, 0) is 37.3 Å². The highest BCUT2D eigenvalue weighted by Gasteiger charge is 2.24. The van der Waals surface area contributed by atoms with Gasteiger partial charge in [0.25, 0.3) is 0 Å². The maximum Gasteiger partial charge on any atom is 0.374 e. The highest BCUT2D eigenvalue weighted by molar-refractivity contribution is 5.96. The summed E-state index contributed by atoms with van der Waals surface area (Å²) in [5.74, 6) is 0.745. The number of hydrogen-bond acceptors (Lipinski definition) is 4. The van der Waals surface area contributed by atoms with Gasteiger partial charge < -0.3 is 18.8 Å². The molecule has 3 rings (SSSR count). The van der Waals surface area contributed by atoms with Crippen molar-refractivity contribution in [1.29, 1.82) is 0 Å². The highest BCUT2D eigenvalue weighted by Crippen LogP contribution is 2.26. The van der Waals surface area contributed by atoms with Gasteiger partial charge in [-0.2, -0.15) is 0 Å². The number of furan rings is 1. The molecule has 0 aliphatic rings. The van der Waals surface area contributed by atoms with E-state index in [0.29, 0.717) is 24.5 Å². The maximum atomic E-state index is 12.3. The molecule has 5 nitrogen and oxygen atoms in total. The van der Waals surface area contributed by atoms with E-state index in [9.17, 15) is 4.79 Å². The number of hydrogen-bond donors (Lipinski definition) is 1. The lowest BCUT2D eigenvalue weighted by Gasteiger charge is -2.14. The van der Waals surface area contributed by atoms with Crippen molar-refractivity contribution in [2.75, 3.05) is 20.8 Å². The number of rotatable bonds is 7. The third-order valence-corrected chi connectivity index (χ3v) is 4.30. The first-order chi connectivity index (χ1) is 12.6. The van der Waals surface area contributed by atoms with Crippen LogP contribution in [0.2, 0.25) is 0 Å². The fourth-order valence-corrected chi connectivity index (χ4v) is 3.09. The number of esters is 1. The van der Waals surface area contributed by atoms with Gasteiger partial charge in [0.2, 0.25) is 5.76 Å². The summed E-state index contributed by atoms with van der Waals surface area (Å²) >= 11 is 0. The zero-order chi connectivity index (χ0) is 18.5. The predicted molar refractivity (Wildman–Crippen MR) is 99.5 cm³/mol. The Morgan fingerprint density at radius 3 is 2.50 bits per heavy atom. The van der Waals surface area contributed by atoms with Crippen LogP contribution in [0.5, 0.6) is 5.75 Å². The van der Waals surface area contributed by atoms with Crippen molar-refractivity contribution < 1.29 is 23.6 Å². The van der Waals surface area contributed by atoms with E-state index in [-0.39, 0.29) is 0 Å². The number of nitrogens with one attached hydrogen (secondary N) is 1. The fourth-order valence-electron chi connectivity index (χ4n) is 3.09. The van der Waals surface area contributed by atoms with E-state index in [0.717, 1.165) is 23.2 Å². The van der Waals surface area contributed by atoms with Crippen molar-refractivity contribution in [1.82, 2.24) is 0 Å². The standard InChI is InChI=1S/C21H23NO4/c1-4-25-21(23)20-18(17-7-5-6-8-19(17)26-20)14-22(2)13-15-9-11-16(24-3)12-10-15/h5-12H,4,13-14H2,1-3H3/p+1. The number of carbonyl (C=O) groups excluding carboxylic acids is 1. The molecule has 26 heavy (non-hydrogen) atoms. The maximum absolute atomic E-state index is 12.3. The van der Waals surface area contributed by atoms with Crippen molar-refractivity contribution in [2.45, 2.75) is 20.0 Å². The lowest BCUT2D eigenvalue weighted by Crippen LogP contribution is -3.06. The number of quaternary nitrogens is 1. The van der Waals surface area contributed by atoms with Gasteiger partial charge in [0.05, 0.1) is 26.3 Å². The Bertz CT molecular complexity index is 883. The first kappa shape index (κ1) is 18.0. The molecule has 1 aromatic heterocycles. The van der Waals surface area contributed by atoms with Crippen LogP contribution in [0, 0.1) is 0 Å². The number of para-hydroxylation sites is 1. The molecule has 0 bridgehead atoms. The van der Waals surface area contributed by atoms with E-state index in [1.807, 2.05) is 36.4 Å². The number of ether oxygens (including phenoxy) is 2. The first-order valence-corrected chi connectivity index (χ1v) is 8.74. The van der Waals surface area contributed by atoms with Crippen LogP contribution in [0.4, 0.5) is 0 Å². The molecule has 0 amide bonds. The van der Waals surface area contributed by atoms with E-state index >= 15 is 0 Å². The molecule has 0 saturated heterocycles. The summed E-state index contributed by atoms with van der Waals surface area (Å²) in [4.78, 5) is 13.5. The Morgan fingerprint density at radius 1 is 1.08 bits per heavy atom. The Morgan fingerprint density at radius 2 is 1.81 bits per heavy atom. The van der Waals surface area contributed by atoms with E-state index < -0.39 is 5.97 Å². The molecule has 0 radical (unpaired) electrons. The first-order valence-electron chi connectivity index (χ1n) is 8.74. The summed E-state index contributed by atoms with van der Waals surface area (Å²) in [6, 6.07) is 15.7. The average Bonchev–Trinajstić information content (AvgIpc) is 3.01. The predicted octanol–water partition coefficient (Wildman–Crippen LogP) is 2.83. The highest BCUT2D eigenvalue weighted by atomic mass is 16.5. The Balaban J connectivity index is 1.83. The summed E-state index contributed by atoms with van der Waals surface area (Å²) < 4.78 is 16.2. The molecule has 1 atom stereocenters. The summed E-state index contributed by atoms with van der Waals surface area (Å²) in [6.45, 7) is 3.61. The van der Waals surface area contributed by atoms with E-state index in [1.165, 1.54) is 10.5 Å². The molecule has 1 unspecified atom stereocenters. The van der Waals surface area contributed by atoms with Gasteiger partial charge in [-0.3, -0.25) is 0 Å². The van der Waals surface area contributed by atoms with E-state index in [4.69, 9.17) is 13.9 Å². The van der Waals surface area contributed by atoms with Gasteiger partial charge in [0.1, 0.15) is 24.4 Å². The lowest BCUT2D eigenvalue weighted by molar-refractivity contribution is -0.907. The van der Waals surface area contributed by atoms with Gasteiger partial charge in [-0.1, -0.05) is 18.2 Å². The van der Waals surface area contributed by atoms with Crippen LogP contribution in [0.3, 0.4) is 0 Å². The van der Waals surface area contributed by atoms with Gasteiger partial charge in [-0.25, -0.2) is 4.79 Å². The third-order valence-electron chi connectivity index (χ3n) is 4.30. The second-order valence-electron chi connectivity index (χ2n) is 6.29. The lowest BCUT2D eigenvalue weighted by atomic mass is 10.1. The van der Waals surface area contributed by atoms with Crippen molar-refractivity contribution in [3.8, 4) is 5.75 Å². The topological polar surface area (TPSA) is 53.1 Å². The molecule has 0 spiro atoms. The summed E-state index contributed by atoms with van der Waals surface area (Å²) in [5.41, 5.74) is 2.81. The second kappa shape index (κ2) is 8.06. The Labute approximate surface area is 153 Å². The molecule has 5 heteroatoms.